The first kappa shape index (κ1) is 15.2. The van der Waals surface area contributed by atoms with Crippen LogP contribution in [0.2, 0.25) is 0 Å². The molecule has 4 nitrogen and oxygen atoms in total. The van der Waals surface area contributed by atoms with E-state index in [-0.39, 0.29) is 12.5 Å². The van der Waals surface area contributed by atoms with Gasteiger partial charge in [-0.05, 0) is 49.8 Å². The van der Waals surface area contributed by atoms with Gasteiger partial charge in [-0.25, -0.2) is 0 Å². The molecular weight excluding hydrogens is 324 g/mol. The molecule has 0 aromatic heterocycles. The Kier molecular flexibility index (Phi) is 5.29. The van der Waals surface area contributed by atoms with Crippen LogP contribution >= 0.6 is 15.9 Å². The molecule has 1 N–H and O–H groups in total. The van der Waals surface area contributed by atoms with E-state index in [9.17, 15) is 4.79 Å². The molecule has 0 spiro atoms. The smallest absolute Gasteiger partial charge is 0.303 e. The molecule has 0 bridgehead atoms. The van der Waals surface area contributed by atoms with Crippen LogP contribution in [0.1, 0.15) is 37.7 Å². The first-order valence-corrected chi connectivity index (χ1v) is 7.64. The maximum atomic E-state index is 10.8. The third-order valence-electron chi connectivity index (χ3n) is 3.51. The summed E-state index contributed by atoms with van der Waals surface area (Å²) < 4.78 is 12.3. The monoisotopic (exact) mass is 342 g/mol. The van der Waals surface area contributed by atoms with E-state index < -0.39 is 5.97 Å². The van der Waals surface area contributed by atoms with Crippen molar-refractivity contribution in [2.24, 2.45) is 0 Å². The van der Waals surface area contributed by atoms with Crippen LogP contribution in [0.3, 0.4) is 0 Å². The molecule has 1 aromatic carbocycles. The Balaban J connectivity index is 2.25. The molecule has 0 atom stereocenters. The van der Waals surface area contributed by atoms with Crippen molar-refractivity contribution < 1.29 is 19.4 Å². The van der Waals surface area contributed by atoms with Gasteiger partial charge in [-0.1, -0.05) is 15.9 Å². The molecule has 2 rings (SSSR count). The molecule has 1 fully saturated rings. The van der Waals surface area contributed by atoms with Crippen molar-refractivity contribution in [1.29, 1.82) is 0 Å². The minimum Gasteiger partial charge on any atom is -0.493 e. The van der Waals surface area contributed by atoms with Gasteiger partial charge < -0.3 is 14.6 Å². The number of methoxy groups -OCH3 is 1. The van der Waals surface area contributed by atoms with Crippen LogP contribution in [-0.2, 0) is 11.2 Å². The summed E-state index contributed by atoms with van der Waals surface area (Å²) in [5.41, 5.74) is 0.880. The first-order chi connectivity index (χ1) is 9.60. The maximum Gasteiger partial charge on any atom is 0.303 e. The number of benzene rings is 1. The van der Waals surface area contributed by atoms with Crippen molar-refractivity contribution in [2.45, 2.75) is 44.6 Å². The van der Waals surface area contributed by atoms with Gasteiger partial charge >= 0.3 is 5.97 Å². The number of rotatable bonds is 6. The average molecular weight is 343 g/mol. The number of carbonyl (C=O) groups is 1. The number of carboxylic acids is 1. The maximum absolute atomic E-state index is 10.8. The number of hydrogen-bond donors (Lipinski definition) is 1. The van der Waals surface area contributed by atoms with Crippen LogP contribution in [-0.4, -0.2) is 24.3 Å². The highest BCUT2D eigenvalue weighted by molar-refractivity contribution is 9.10. The van der Waals surface area contributed by atoms with Crippen LogP contribution in [0.15, 0.2) is 16.6 Å². The summed E-state index contributed by atoms with van der Waals surface area (Å²) in [5.74, 6) is 0.547. The molecule has 0 saturated heterocycles. The Hall–Kier alpha value is -1.23. The molecule has 1 aliphatic rings. The van der Waals surface area contributed by atoms with E-state index in [1.165, 1.54) is 12.8 Å². The second-order valence-electron chi connectivity index (χ2n) is 5.01. The Morgan fingerprint density at radius 3 is 2.70 bits per heavy atom. The lowest BCUT2D eigenvalue weighted by Gasteiger charge is -2.19. The molecule has 1 aliphatic carbocycles. The van der Waals surface area contributed by atoms with Crippen molar-refractivity contribution in [3.05, 3.63) is 22.2 Å². The van der Waals surface area contributed by atoms with Gasteiger partial charge in [0, 0.05) is 10.9 Å². The predicted molar refractivity (Wildman–Crippen MR) is 79.5 cm³/mol. The lowest BCUT2D eigenvalue weighted by Crippen LogP contribution is -2.13. The third kappa shape index (κ3) is 3.88. The van der Waals surface area contributed by atoms with Crippen LogP contribution in [0.5, 0.6) is 11.5 Å². The molecule has 1 aromatic rings. The van der Waals surface area contributed by atoms with Crippen molar-refractivity contribution in [2.75, 3.05) is 7.11 Å². The highest BCUT2D eigenvalue weighted by Gasteiger charge is 2.21. The summed E-state index contributed by atoms with van der Waals surface area (Å²) in [6, 6.07) is 3.77. The van der Waals surface area contributed by atoms with Gasteiger partial charge in [0.15, 0.2) is 11.5 Å². The van der Waals surface area contributed by atoms with Crippen LogP contribution in [0.4, 0.5) is 0 Å². The highest BCUT2D eigenvalue weighted by atomic mass is 79.9. The fourth-order valence-corrected chi connectivity index (χ4v) is 2.99. The zero-order chi connectivity index (χ0) is 14.5. The molecular formula is C15H19BrO4. The molecule has 0 amide bonds. The van der Waals surface area contributed by atoms with Crippen molar-refractivity contribution in [1.82, 2.24) is 0 Å². The van der Waals surface area contributed by atoms with Gasteiger partial charge in [0.05, 0.1) is 13.2 Å². The Morgan fingerprint density at radius 1 is 1.40 bits per heavy atom. The highest BCUT2D eigenvalue weighted by Crippen LogP contribution is 2.38. The van der Waals surface area contributed by atoms with Gasteiger partial charge in [-0.15, -0.1) is 0 Å². The van der Waals surface area contributed by atoms with E-state index in [0.717, 1.165) is 22.9 Å². The van der Waals surface area contributed by atoms with E-state index in [4.69, 9.17) is 14.6 Å². The lowest BCUT2D eigenvalue weighted by molar-refractivity contribution is -0.136. The third-order valence-corrected chi connectivity index (χ3v) is 3.97. The van der Waals surface area contributed by atoms with Crippen molar-refractivity contribution in [3.8, 4) is 11.5 Å². The zero-order valence-corrected chi connectivity index (χ0v) is 13.1. The lowest BCUT2D eigenvalue weighted by atomic mass is 10.1. The van der Waals surface area contributed by atoms with Gasteiger partial charge in [0.2, 0.25) is 0 Å². The summed E-state index contributed by atoms with van der Waals surface area (Å²) in [4.78, 5) is 10.8. The van der Waals surface area contributed by atoms with E-state index in [1.54, 1.807) is 7.11 Å². The van der Waals surface area contributed by atoms with Gasteiger partial charge in [-0.3, -0.25) is 4.79 Å². The zero-order valence-electron chi connectivity index (χ0n) is 11.5. The quantitative estimate of drug-likeness (QED) is 0.854. The second kappa shape index (κ2) is 6.97. The average Bonchev–Trinajstić information content (AvgIpc) is 2.91. The fraction of sp³-hybridized carbons (Fsp3) is 0.533. The van der Waals surface area contributed by atoms with Crippen LogP contribution in [0, 0.1) is 0 Å². The first-order valence-electron chi connectivity index (χ1n) is 6.85. The number of carboxylic acid groups (broad SMARTS) is 1. The van der Waals surface area contributed by atoms with Gasteiger partial charge in [0.25, 0.3) is 0 Å². The second-order valence-corrected chi connectivity index (χ2v) is 5.93. The minimum absolute atomic E-state index is 0.0840. The summed E-state index contributed by atoms with van der Waals surface area (Å²) in [6.07, 6.45) is 5.22. The van der Waals surface area contributed by atoms with Crippen molar-refractivity contribution in [3.63, 3.8) is 0 Å². The number of hydrogen-bond acceptors (Lipinski definition) is 3. The number of ether oxygens (including phenoxy) is 2. The van der Waals surface area contributed by atoms with Crippen LogP contribution in [0.25, 0.3) is 0 Å². The number of aliphatic carboxylic acids is 1. The van der Waals surface area contributed by atoms with Crippen molar-refractivity contribution >= 4 is 21.9 Å². The van der Waals surface area contributed by atoms with Gasteiger partial charge in [0.1, 0.15) is 0 Å². The molecule has 110 valence electrons. The fourth-order valence-electron chi connectivity index (χ4n) is 2.51. The summed E-state index contributed by atoms with van der Waals surface area (Å²) in [7, 11) is 1.60. The number of halogens is 1. The Morgan fingerprint density at radius 2 is 2.10 bits per heavy atom. The minimum atomic E-state index is -0.809. The Bertz CT molecular complexity index is 481. The molecule has 0 unspecified atom stereocenters. The van der Waals surface area contributed by atoms with E-state index in [2.05, 4.69) is 15.9 Å². The number of aryl methyl sites for hydroxylation is 1. The largest absolute Gasteiger partial charge is 0.493 e. The van der Waals surface area contributed by atoms with Gasteiger partial charge in [-0.2, -0.15) is 0 Å². The van der Waals surface area contributed by atoms with E-state index in [1.807, 2.05) is 12.1 Å². The Labute approximate surface area is 127 Å². The SMILES string of the molecule is COc1cc(Br)cc(CCC(=O)O)c1OC1CCCC1. The normalized spacial score (nSPS) is 15.3. The standard InChI is InChI=1S/C15H19BrO4/c1-19-13-9-11(16)8-10(6-7-14(17)18)15(13)20-12-4-2-3-5-12/h8-9,12H,2-7H2,1H3,(H,17,18). The molecule has 5 heteroatoms. The molecule has 0 aliphatic heterocycles. The molecule has 0 heterocycles. The molecule has 1 saturated carbocycles. The van der Waals surface area contributed by atoms with Crippen LogP contribution < -0.4 is 9.47 Å². The topological polar surface area (TPSA) is 55.8 Å². The summed E-state index contributed by atoms with van der Waals surface area (Å²) in [6.45, 7) is 0. The predicted octanol–water partition coefficient (Wildman–Crippen LogP) is 3.80. The molecule has 20 heavy (non-hydrogen) atoms. The van der Waals surface area contributed by atoms with E-state index >= 15 is 0 Å². The summed E-state index contributed by atoms with van der Waals surface area (Å²) >= 11 is 3.42. The van der Waals surface area contributed by atoms with E-state index in [0.29, 0.717) is 17.9 Å². The summed E-state index contributed by atoms with van der Waals surface area (Å²) in [5, 5.41) is 8.86. The molecule has 0 radical (unpaired) electrons.